The Balaban J connectivity index is 2.13. The van der Waals surface area contributed by atoms with Gasteiger partial charge in [0, 0.05) is 0 Å². The average molecular weight is 323 g/mol. The van der Waals surface area contributed by atoms with E-state index in [0.29, 0.717) is 16.3 Å². The predicted molar refractivity (Wildman–Crippen MR) is 81.5 cm³/mol. The van der Waals surface area contributed by atoms with Crippen LogP contribution in [0.3, 0.4) is 0 Å². The summed E-state index contributed by atoms with van der Waals surface area (Å²) in [6, 6.07) is 7.29. The summed E-state index contributed by atoms with van der Waals surface area (Å²) in [5.74, 6) is -0.938. The maximum atomic E-state index is 12.0. The van der Waals surface area contributed by atoms with E-state index in [2.05, 4.69) is 4.98 Å². The van der Waals surface area contributed by atoms with Gasteiger partial charge in [-0.3, -0.25) is 9.59 Å². The van der Waals surface area contributed by atoms with E-state index in [1.807, 2.05) is 18.2 Å². The number of oxazole rings is 1. The second-order valence-electron chi connectivity index (χ2n) is 4.32. The van der Waals surface area contributed by atoms with E-state index < -0.39 is 17.2 Å². The molecule has 0 aliphatic carbocycles. The number of para-hydroxylation sites is 2. The maximum absolute atomic E-state index is 12.0. The molecule has 1 atom stereocenters. The van der Waals surface area contributed by atoms with Crippen molar-refractivity contribution in [3.8, 4) is 0 Å². The molecule has 2 aromatic rings. The minimum atomic E-state index is -0.743. The van der Waals surface area contributed by atoms with Gasteiger partial charge in [-0.25, -0.2) is 4.98 Å². The highest BCUT2D eigenvalue weighted by atomic mass is 32.2. The molecule has 0 radical (unpaired) electrons. The first kappa shape index (κ1) is 16.4. The highest BCUT2D eigenvalue weighted by molar-refractivity contribution is 8.00. The largest absolute Gasteiger partial charge is 0.466 e. The molecule has 118 valence electrons. The van der Waals surface area contributed by atoms with Crippen molar-refractivity contribution in [2.24, 2.45) is 0 Å². The van der Waals surface area contributed by atoms with Gasteiger partial charge in [-0.2, -0.15) is 0 Å². The summed E-state index contributed by atoms with van der Waals surface area (Å²) in [5, 5.41) is -0.421. The number of rotatable bonds is 7. The van der Waals surface area contributed by atoms with Crippen LogP contribution in [-0.4, -0.2) is 35.4 Å². The van der Waals surface area contributed by atoms with Crippen LogP contribution in [0.5, 0.6) is 0 Å². The normalized spacial score (nSPS) is 12.1. The van der Waals surface area contributed by atoms with Crippen molar-refractivity contribution in [2.45, 2.75) is 30.7 Å². The van der Waals surface area contributed by atoms with Crippen molar-refractivity contribution in [3.63, 3.8) is 0 Å². The molecule has 0 saturated carbocycles. The zero-order valence-corrected chi connectivity index (χ0v) is 13.2. The number of esters is 2. The van der Waals surface area contributed by atoms with Gasteiger partial charge in [0.15, 0.2) is 5.58 Å². The Labute approximate surface area is 132 Å². The average Bonchev–Trinajstić information content (AvgIpc) is 2.89. The lowest BCUT2D eigenvalue weighted by atomic mass is 10.3. The van der Waals surface area contributed by atoms with E-state index in [1.165, 1.54) is 0 Å². The molecule has 2 rings (SSSR count). The lowest BCUT2D eigenvalue weighted by Crippen LogP contribution is -2.24. The van der Waals surface area contributed by atoms with E-state index in [9.17, 15) is 9.59 Å². The van der Waals surface area contributed by atoms with E-state index in [4.69, 9.17) is 13.9 Å². The van der Waals surface area contributed by atoms with Gasteiger partial charge in [-0.1, -0.05) is 23.9 Å². The molecule has 6 nitrogen and oxygen atoms in total. The topological polar surface area (TPSA) is 78.6 Å². The summed E-state index contributed by atoms with van der Waals surface area (Å²) in [4.78, 5) is 27.9. The fourth-order valence-corrected chi connectivity index (χ4v) is 2.72. The van der Waals surface area contributed by atoms with Crippen molar-refractivity contribution >= 4 is 34.8 Å². The lowest BCUT2D eigenvalue weighted by Gasteiger charge is -2.12. The number of fused-ring (bicyclic) bond motifs is 1. The molecule has 7 heteroatoms. The Morgan fingerprint density at radius 3 is 2.64 bits per heavy atom. The molecule has 0 N–H and O–H groups in total. The maximum Gasteiger partial charge on any atom is 0.320 e. The van der Waals surface area contributed by atoms with Gasteiger partial charge in [0.2, 0.25) is 0 Å². The minimum absolute atomic E-state index is 0.0872. The molecule has 1 aromatic heterocycles. The third kappa shape index (κ3) is 4.24. The van der Waals surface area contributed by atoms with Gasteiger partial charge >= 0.3 is 11.9 Å². The second kappa shape index (κ2) is 7.84. The number of hydrogen-bond donors (Lipinski definition) is 0. The molecular weight excluding hydrogens is 306 g/mol. The Hall–Kier alpha value is -2.02. The molecular formula is C15H17NO5S. The highest BCUT2D eigenvalue weighted by Crippen LogP contribution is 2.29. The number of aromatic nitrogens is 1. The summed E-state index contributed by atoms with van der Waals surface area (Å²) < 4.78 is 15.4. The third-order valence-electron chi connectivity index (χ3n) is 2.72. The predicted octanol–water partition coefficient (Wildman–Crippen LogP) is 2.80. The monoisotopic (exact) mass is 323 g/mol. The Bertz CT molecular complexity index is 621. The fraction of sp³-hybridized carbons (Fsp3) is 0.400. The second-order valence-corrected chi connectivity index (χ2v) is 5.47. The quantitative estimate of drug-likeness (QED) is 0.572. The molecule has 1 unspecified atom stereocenters. The van der Waals surface area contributed by atoms with Crippen molar-refractivity contribution in [1.82, 2.24) is 4.98 Å². The molecule has 0 amide bonds. The summed E-state index contributed by atoms with van der Waals surface area (Å²) in [7, 11) is 0. The van der Waals surface area contributed by atoms with Crippen LogP contribution in [0.15, 0.2) is 33.9 Å². The zero-order valence-electron chi connectivity index (χ0n) is 12.4. The van der Waals surface area contributed by atoms with Gasteiger partial charge in [0.25, 0.3) is 5.22 Å². The number of benzene rings is 1. The van der Waals surface area contributed by atoms with Crippen LogP contribution < -0.4 is 0 Å². The summed E-state index contributed by atoms with van der Waals surface area (Å²) in [6.45, 7) is 3.93. The Kier molecular flexibility index (Phi) is 5.83. The number of nitrogens with zero attached hydrogens (tertiary/aromatic N) is 1. The molecule has 22 heavy (non-hydrogen) atoms. The number of carbonyl (C=O) groups excluding carboxylic acids is 2. The first-order chi connectivity index (χ1) is 10.6. The SMILES string of the molecule is CCOC(=O)CC(Sc1nc2ccccc2o1)C(=O)OCC. The Morgan fingerprint density at radius 1 is 1.23 bits per heavy atom. The minimum Gasteiger partial charge on any atom is -0.466 e. The van der Waals surface area contributed by atoms with Crippen LogP contribution in [0, 0.1) is 0 Å². The summed E-state index contributed by atoms with van der Waals surface area (Å²) in [5.41, 5.74) is 1.33. The van der Waals surface area contributed by atoms with E-state index in [0.717, 1.165) is 11.8 Å². The first-order valence-corrected chi connectivity index (χ1v) is 7.86. The molecule has 0 aliphatic heterocycles. The summed E-state index contributed by atoms with van der Waals surface area (Å²) >= 11 is 1.06. The van der Waals surface area contributed by atoms with Crippen LogP contribution in [0.25, 0.3) is 11.1 Å². The first-order valence-electron chi connectivity index (χ1n) is 6.98. The van der Waals surface area contributed by atoms with Crippen LogP contribution in [0.2, 0.25) is 0 Å². The molecule has 1 heterocycles. The van der Waals surface area contributed by atoms with Crippen LogP contribution in [0.1, 0.15) is 20.3 Å². The molecule has 0 fully saturated rings. The van der Waals surface area contributed by atoms with Crippen molar-refractivity contribution in [2.75, 3.05) is 13.2 Å². The molecule has 0 saturated heterocycles. The van der Waals surface area contributed by atoms with E-state index in [1.54, 1.807) is 19.9 Å². The molecule has 0 aliphatic rings. The van der Waals surface area contributed by atoms with Crippen molar-refractivity contribution in [3.05, 3.63) is 24.3 Å². The van der Waals surface area contributed by atoms with Gasteiger partial charge < -0.3 is 13.9 Å². The van der Waals surface area contributed by atoms with Crippen LogP contribution >= 0.6 is 11.8 Å². The van der Waals surface area contributed by atoms with Crippen molar-refractivity contribution in [1.29, 1.82) is 0 Å². The lowest BCUT2D eigenvalue weighted by molar-refractivity contribution is -0.149. The van der Waals surface area contributed by atoms with Gasteiger partial charge in [-0.15, -0.1) is 0 Å². The highest BCUT2D eigenvalue weighted by Gasteiger charge is 2.27. The van der Waals surface area contributed by atoms with E-state index >= 15 is 0 Å². The van der Waals surface area contributed by atoms with Crippen LogP contribution in [-0.2, 0) is 19.1 Å². The molecule has 0 spiro atoms. The zero-order chi connectivity index (χ0) is 15.9. The fourth-order valence-electron chi connectivity index (χ4n) is 1.80. The third-order valence-corrected chi connectivity index (χ3v) is 3.74. The van der Waals surface area contributed by atoms with Crippen molar-refractivity contribution < 1.29 is 23.5 Å². The number of hydrogen-bond acceptors (Lipinski definition) is 7. The smallest absolute Gasteiger partial charge is 0.320 e. The van der Waals surface area contributed by atoms with Gasteiger partial charge in [0.1, 0.15) is 10.8 Å². The van der Waals surface area contributed by atoms with E-state index in [-0.39, 0.29) is 19.6 Å². The Morgan fingerprint density at radius 2 is 1.95 bits per heavy atom. The van der Waals surface area contributed by atoms with Gasteiger partial charge in [-0.05, 0) is 26.0 Å². The summed E-state index contributed by atoms with van der Waals surface area (Å²) in [6.07, 6.45) is -0.0872. The molecule has 0 bridgehead atoms. The standard InChI is InChI=1S/C15H17NO5S/c1-3-19-13(17)9-12(14(18)20-4-2)22-15-16-10-7-5-6-8-11(10)21-15/h5-8,12H,3-4,9H2,1-2H3. The molecule has 1 aromatic carbocycles. The van der Waals surface area contributed by atoms with Crippen LogP contribution in [0.4, 0.5) is 0 Å². The number of carbonyl (C=O) groups is 2. The van der Waals surface area contributed by atoms with Gasteiger partial charge in [0.05, 0.1) is 19.6 Å². The number of thioether (sulfide) groups is 1. The number of ether oxygens (including phenoxy) is 2.